The summed E-state index contributed by atoms with van der Waals surface area (Å²) < 4.78 is 5.74. The van der Waals surface area contributed by atoms with E-state index in [0.29, 0.717) is 13.2 Å². The maximum absolute atomic E-state index is 5.74. The third kappa shape index (κ3) is 4.11. The van der Waals surface area contributed by atoms with E-state index in [4.69, 9.17) is 10.5 Å². The molecule has 0 aliphatic heterocycles. The maximum Gasteiger partial charge on any atom is 0.119 e. The van der Waals surface area contributed by atoms with Crippen LogP contribution in [0.4, 0.5) is 0 Å². The molecule has 0 atom stereocenters. The van der Waals surface area contributed by atoms with Crippen molar-refractivity contribution in [3.8, 4) is 5.75 Å². The molecule has 2 aromatic carbocycles. The van der Waals surface area contributed by atoms with Crippen LogP contribution >= 0.6 is 0 Å². The minimum atomic E-state index is 0.598. The molecule has 0 radical (unpaired) electrons. The number of hydrogen-bond acceptors (Lipinski definition) is 2. The van der Waals surface area contributed by atoms with Crippen LogP contribution in [0.2, 0.25) is 0 Å². The zero-order valence-corrected chi connectivity index (χ0v) is 11.4. The van der Waals surface area contributed by atoms with Crippen molar-refractivity contribution in [2.24, 2.45) is 5.73 Å². The fourth-order valence-electron chi connectivity index (χ4n) is 1.95. The molecule has 0 aliphatic carbocycles. The van der Waals surface area contributed by atoms with Gasteiger partial charge >= 0.3 is 0 Å². The highest BCUT2D eigenvalue weighted by molar-refractivity contribution is 5.27. The molecular weight excluding hydrogens is 234 g/mol. The lowest BCUT2D eigenvalue weighted by atomic mass is 10.1. The Morgan fingerprint density at radius 3 is 2.00 bits per heavy atom. The quantitative estimate of drug-likeness (QED) is 0.859. The van der Waals surface area contributed by atoms with E-state index >= 15 is 0 Å². The Balaban J connectivity index is 1.81. The lowest BCUT2D eigenvalue weighted by Crippen LogP contribution is -2.02. The topological polar surface area (TPSA) is 35.2 Å². The summed E-state index contributed by atoms with van der Waals surface area (Å²) >= 11 is 0. The summed E-state index contributed by atoms with van der Waals surface area (Å²) in [5.74, 6) is 0.941. The Morgan fingerprint density at radius 2 is 1.42 bits per heavy atom. The average Bonchev–Trinajstić information content (AvgIpc) is 2.49. The van der Waals surface area contributed by atoms with Gasteiger partial charge in [0.1, 0.15) is 5.75 Å². The highest BCUT2D eigenvalue weighted by Gasteiger charge is 1.97. The van der Waals surface area contributed by atoms with Crippen molar-refractivity contribution in [1.29, 1.82) is 0 Å². The van der Waals surface area contributed by atoms with E-state index in [1.807, 2.05) is 12.1 Å². The smallest absolute Gasteiger partial charge is 0.119 e. The van der Waals surface area contributed by atoms with Crippen LogP contribution < -0.4 is 10.5 Å². The predicted octanol–water partition coefficient (Wildman–Crippen LogP) is 3.33. The second-order valence-electron chi connectivity index (χ2n) is 4.62. The molecule has 0 spiro atoms. The monoisotopic (exact) mass is 255 g/mol. The van der Waals surface area contributed by atoms with Gasteiger partial charge < -0.3 is 10.5 Å². The predicted molar refractivity (Wildman–Crippen MR) is 79.4 cm³/mol. The molecule has 0 unspecified atom stereocenters. The molecule has 0 bridgehead atoms. The Kier molecular flexibility index (Phi) is 4.99. The van der Waals surface area contributed by atoms with E-state index in [1.165, 1.54) is 16.7 Å². The van der Waals surface area contributed by atoms with E-state index < -0.39 is 0 Å². The zero-order valence-electron chi connectivity index (χ0n) is 11.4. The van der Waals surface area contributed by atoms with Gasteiger partial charge in [0, 0.05) is 13.0 Å². The van der Waals surface area contributed by atoms with E-state index in [-0.39, 0.29) is 0 Å². The van der Waals surface area contributed by atoms with Crippen molar-refractivity contribution in [2.45, 2.75) is 26.3 Å². The summed E-state index contributed by atoms with van der Waals surface area (Å²) in [5.41, 5.74) is 9.36. The molecule has 2 N–H and O–H groups in total. The largest absolute Gasteiger partial charge is 0.493 e. The van der Waals surface area contributed by atoms with Gasteiger partial charge in [0.25, 0.3) is 0 Å². The number of nitrogens with two attached hydrogens (primary N) is 1. The van der Waals surface area contributed by atoms with Crippen LogP contribution in [-0.4, -0.2) is 6.61 Å². The number of aryl methyl sites for hydroxylation is 1. The molecule has 0 saturated heterocycles. The number of ether oxygens (including phenoxy) is 1. The fourth-order valence-corrected chi connectivity index (χ4v) is 1.95. The highest BCUT2D eigenvalue weighted by atomic mass is 16.5. The lowest BCUT2D eigenvalue weighted by molar-refractivity contribution is 0.322. The molecule has 0 aromatic heterocycles. The van der Waals surface area contributed by atoms with Crippen LogP contribution in [0.25, 0.3) is 0 Å². The fraction of sp³-hybridized carbons (Fsp3) is 0.294. The average molecular weight is 255 g/mol. The Morgan fingerprint density at radius 1 is 0.842 bits per heavy atom. The van der Waals surface area contributed by atoms with Crippen LogP contribution in [0.1, 0.15) is 23.6 Å². The zero-order chi connectivity index (χ0) is 13.5. The Labute approximate surface area is 115 Å². The summed E-state index contributed by atoms with van der Waals surface area (Å²) in [6, 6.07) is 16.7. The summed E-state index contributed by atoms with van der Waals surface area (Å²) in [6.07, 6.45) is 1.98. The summed E-state index contributed by atoms with van der Waals surface area (Å²) in [7, 11) is 0. The second-order valence-corrected chi connectivity index (χ2v) is 4.62. The number of rotatable bonds is 6. The first-order valence-electron chi connectivity index (χ1n) is 6.81. The van der Waals surface area contributed by atoms with Gasteiger partial charge in [-0.1, -0.05) is 43.3 Å². The van der Waals surface area contributed by atoms with Crippen LogP contribution in [0, 0.1) is 0 Å². The van der Waals surface area contributed by atoms with Crippen LogP contribution in [0.5, 0.6) is 5.75 Å². The number of benzene rings is 2. The standard InChI is InChI=1S/C17H21NO/c1-2-14-7-9-17(10-8-14)19-12-11-15-3-5-16(13-18)6-4-15/h3-10H,2,11-13,18H2,1H3. The van der Waals surface area contributed by atoms with Gasteiger partial charge in [0.2, 0.25) is 0 Å². The highest BCUT2D eigenvalue weighted by Crippen LogP contribution is 2.13. The third-order valence-electron chi connectivity index (χ3n) is 3.25. The van der Waals surface area contributed by atoms with Crippen molar-refractivity contribution in [3.05, 3.63) is 65.2 Å². The van der Waals surface area contributed by atoms with Gasteiger partial charge in [0.15, 0.2) is 0 Å². The Bertz CT molecular complexity index is 440. The SMILES string of the molecule is CCc1ccc(OCCc2ccc(CN)cc2)cc1. The van der Waals surface area contributed by atoms with Gasteiger partial charge in [-0.3, -0.25) is 0 Å². The van der Waals surface area contributed by atoms with E-state index in [9.17, 15) is 0 Å². The second kappa shape index (κ2) is 6.95. The first kappa shape index (κ1) is 13.6. The molecule has 0 aliphatic rings. The first-order chi connectivity index (χ1) is 9.31. The van der Waals surface area contributed by atoms with Gasteiger partial charge in [-0.05, 0) is 35.2 Å². The molecule has 19 heavy (non-hydrogen) atoms. The molecule has 0 saturated carbocycles. The van der Waals surface area contributed by atoms with E-state index in [0.717, 1.165) is 18.6 Å². The number of hydrogen-bond donors (Lipinski definition) is 1. The molecule has 0 heterocycles. The molecule has 100 valence electrons. The summed E-state index contributed by atoms with van der Waals surface area (Å²) in [4.78, 5) is 0. The molecule has 2 nitrogen and oxygen atoms in total. The molecular formula is C17H21NO. The molecule has 2 heteroatoms. The summed E-state index contributed by atoms with van der Waals surface area (Å²) in [6.45, 7) is 3.45. The van der Waals surface area contributed by atoms with Crippen LogP contribution in [-0.2, 0) is 19.4 Å². The molecule has 0 amide bonds. The first-order valence-corrected chi connectivity index (χ1v) is 6.81. The van der Waals surface area contributed by atoms with Crippen LogP contribution in [0.15, 0.2) is 48.5 Å². The molecule has 0 fully saturated rings. The lowest BCUT2D eigenvalue weighted by Gasteiger charge is -2.07. The van der Waals surface area contributed by atoms with Crippen molar-refractivity contribution < 1.29 is 4.74 Å². The van der Waals surface area contributed by atoms with Gasteiger partial charge in [-0.15, -0.1) is 0 Å². The van der Waals surface area contributed by atoms with Crippen molar-refractivity contribution in [2.75, 3.05) is 6.61 Å². The normalized spacial score (nSPS) is 10.4. The van der Waals surface area contributed by atoms with Gasteiger partial charge in [0.05, 0.1) is 6.61 Å². The summed E-state index contributed by atoms with van der Waals surface area (Å²) in [5, 5.41) is 0. The minimum absolute atomic E-state index is 0.598. The maximum atomic E-state index is 5.74. The molecule has 2 rings (SSSR count). The molecule has 2 aromatic rings. The van der Waals surface area contributed by atoms with Crippen molar-refractivity contribution >= 4 is 0 Å². The van der Waals surface area contributed by atoms with Crippen molar-refractivity contribution in [3.63, 3.8) is 0 Å². The van der Waals surface area contributed by atoms with Gasteiger partial charge in [-0.2, -0.15) is 0 Å². The third-order valence-corrected chi connectivity index (χ3v) is 3.25. The Hall–Kier alpha value is -1.80. The van der Waals surface area contributed by atoms with Crippen molar-refractivity contribution in [1.82, 2.24) is 0 Å². The van der Waals surface area contributed by atoms with E-state index in [2.05, 4.69) is 43.3 Å². The minimum Gasteiger partial charge on any atom is -0.493 e. The van der Waals surface area contributed by atoms with E-state index in [1.54, 1.807) is 0 Å². The van der Waals surface area contributed by atoms with Gasteiger partial charge in [-0.25, -0.2) is 0 Å². The van der Waals surface area contributed by atoms with Crippen LogP contribution in [0.3, 0.4) is 0 Å².